The van der Waals surface area contributed by atoms with Gasteiger partial charge in [0.15, 0.2) is 0 Å². The van der Waals surface area contributed by atoms with E-state index in [-0.39, 0.29) is 17.2 Å². The molecule has 1 fully saturated rings. The van der Waals surface area contributed by atoms with Crippen molar-refractivity contribution in [1.29, 1.82) is 0 Å². The number of rotatable bonds is 7. The minimum Gasteiger partial charge on any atom is -0.339 e. The van der Waals surface area contributed by atoms with Gasteiger partial charge in [0, 0.05) is 32.1 Å². The molecule has 1 saturated carbocycles. The molecule has 5 heteroatoms. The zero-order valence-corrected chi connectivity index (χ0v) is 15.5. The van der Waals surface area contributed by atoms with Gasteiger partial charge in [0.25, 0.3) is 0 Å². The minimum atomic E-state index is -0.0495. The molecule has 3 N–H and O–H groups in total. The minimum absolute atomic E-state index is 0.0191. The summed E-state index contributed by atoms with van der Waals surface area (Å²) in [4.78, 5) is 26.1. The summed E-state index contributed by atoms with van der Waals surface area (Å²) in [5.41, 5.74) is 7.70. The molecule has 2 amide bonds. The predicted molar refractivity (Wildman–Crippen MR) is 101 cm³/mol. The third-order valence-electron chi connectivity index (χ3n) is 5.36. The molecule has 0 bridgehead atoms. The third kappa shape index (κ3) is 5.30. The topological polar surface area (TPSA) is 75.4 Å². The largest absolute Gasteiger partial charge is 0.339 e. The number of carbonyl (C=O) groups is 2. The van der Waals surface area contributed by atoms with Crippen molar-refractivity contribution < 1.29 is 9.59 Å². The predicted octanol–water partition coefficient (Wildman–Crippen LogP) is 3.29. The van der Waals surface area contributed by atoms with Crippen molar-refractivity contribution >= 4 is 17.5 Å². The monoisotopic (exact) mass is 345 g/mol. The summed E-state index contributed by atoms with van der Waals surface area (Å²) < 4.78 is 0. The lowest BCUT2D eigenvalue weighted by atomic mass is 9.71. The second kappa shape index (κ2) is 8.99. The SMILES string of the molecule is CCN(Cc1ccccc1NC(=O)CC1(CN)CCCCC1)C(C)=O. The highest BCUT2D eigenvalue weighted by molar-refractivity contribution is 5.92. The maximum Gasteiger partial charge on any atom is 0.224 e. The van der Waals surface area contributed by atoms with Crippen LogP contribution in [0.5, 0.6) is 0 Å². The fourth-order valence-corrected chi connectivity index (χ4v) is 3.72. The molecule has 1 aliphatic carbocycles. The molecule has 5 nitrogen and oxygen atoms in total. The number of amides is 2. The van der Waals surface area contributed by atoms with Crippen molar-refractivity contribution in [3.63, 3.8) is 0 Å². The van der Waals surface area contributed by atoms with Crippen molar-refractivity contribution in [2.45, 2.75) is 58.9 Å². The highest BCUT2D eigenvalue weighted by atomic mass is 16.2. The number of benzene rings is 1. The van der Waals surface area contributed by atoms with Crippen LogP contribution >= 0.6 is 0 Å². The van der Waals surface area contributed by atoms with Crippen LogP contribution in [0.1, 0.15) is 57.9 Å². The first-order chi connectivity index (χ1) is 12.0. The van der Waals surface area contributed by atoms with Gasteiger partial charge in [-0.2, -0.15) is 0 Å². The molecule has 2 rings (SSSR count). The summed E-state index contributed by atoms with van der Waals surface area (Å²) in [6, 6.07) is 7.70. The lowest BCUT2D eigenvalue weighted by Crippen LogP contribution is -2.36. The summed E-state index contributed by atoms with van der Waals surface area (Å²) >= 11 is 0. The fourth-order valence-electron chi connectivity index (χ4n) is 3.72. The van der Waals surface area contributed by atoms with Crippen molar-refractivity contribution in [2.24, 2.45) is 11.1 Å². The van der Waals surface area contributed by atoms with Crippen LogP contribution in [0.4, 0.5) is 5.69 Å². The van der Waals surface area contributed by atoms with Crippen molar-refractivity contribution in [1.82, 2.24) is 4.90 Å². The van der Waals surface area contributed by atoms with Gasteiger partial charge in [-0.25, -0.2) is 0 Å². The first-order valence-corrected chi connectivity index (χ1v) is 9.33. The van der Waals surface area contributed by atoms with Crippen LogP contribution in [0, 0.1) is 5.41 Å². The fraction of sp³-hybridized carbons (Fsp3) is 0.600. The number of nitrogens with zero attached hydrogens (tertiary/aromatic N) is 1. The molecule has 0 atom stereocenters. The molecule has 0 aliphatic heterocycles. The molecule has 1 aromatic rings. The Morgan fingerprint density at radius 1 is 1.20 bits per heavy atom. The number of anilines is 1. The second-order valence-electron chi connectivity index (χ2n) is 7.18. The smallest absolute Gasteiger partial charge is 0.224 e. The number of hydrogen-bond acceptors (Lipinski definition) is 3. The van der Waals surface area contributed by atoms with E-state index >= 15 is 0 Å². The molecule has 0 radical (unpaired) electrons. The molecular formula is C20H31N3O2. The van der Waals surface area contributed by atoms with Gasteiger partial charge in [-0.1, -0.05) is 37.5 Å². The average Bonchev–Trinajstić information content (AvgIpc) is 2.61. The van der Waals surface area contributed by atoms with E-state index in [1.54, 1.807) is 11.8 Å². The normalized spacial score (nSPS) is 16.3. The zero-order chi connectivity index (χ0) is 18.3. The first kappa shape index (κ1) is 19.4. The summed E-state index contributed by atoms with van der Waals surface area (Å²) in [7, 11) is 0. The summed E-state index contributed by atoms with van der Waals surface area (Å²) in [5.74, 6) is 0.0543. The lowest BCUT2D eigenvalue weighted by Gasteiger charge is -2.35. The summed E-state index contributed by atoms with van der Waals surface area (Å²) in [5, 5.41) is 3.05. The molecule has 0 saturated heterocycles. The van der Waals surface area contributed by atoms with Gasteiger partial charge in [-0.05, 0) is 43.4 Å². The van der Waals surface area contributed by atoms with Crippen LogP contribution in [-0.2, 0) is 16.1 Å². The van der Waals surface area contributed by atoms with Crippen LogP contribution in [0.15, 0.2) is 24.3 Å². The van der Waals surface area contributed by atoms with Gasteiger partial charge in [-0.3, -0.25) is 9.59 Å². The van der Waals surface area contributed by atoms with E-state index in [1.807, 2.05) is 31.2 Å². The van der Waals surface area contributed by atoms with Gasteiger partial charge in [0.05, 0.1) is 0 Å². The Morgan fingerprint density at radius 3 is 2.48 bits per heavy atom. The van der Waals surface area contributed by atoms with Crippen molar-refractivity contribution in [3.05, 3.63) is 29.8 Å². The maximum atomic E-state index is 12.6. The number of carbonyl (C=O) groups excluding carboxylic acids is 2. The number of hydrogen-bond donors (Lipinski definition) is 2. The third-order valence-corrected chi connectivity index (χ3v) is 5.36. The number of nitrogens with one attached hydrogen (secondary N) is 1. The number of para-hydroxylation sites is 1. The Balaban J connectivity index is 2.06. The van der Waals surface area contributed by atoms with Crippen molar-refractivity contribution in [3.8, 4) is 0 Å². The Labute approximate surface area is 151 Å². The molecule has 0 unspecified atom stereocenters. The Hall–Kier alpha value is -1.88. The highest BCUT2D eigenvalue weighted by Crippen LogP contribution is 2.38. The molecule has 25 heavy (non-hydrogen) atoms. The molecule has 0 aromatic heterocycles. The van der Waals surface area contributed by atoms with Gasteiger partial charge >= 0.3 is 0 Å². The average molecular weight is 345 g/mol. The Morgan fingerprint density at radius 2 is 1.88 bits per heavy atom. The van der Waals surface area contributed by atoms with Crippen LogP contribution in [0.2, 0.25) is 0 Å². The van der Waals surface area contributed by atoms with E-state index in [0.29, 0.717) is 26.1 Å². The Kier molecular flexibility index (Phi) is 7.00. The molecule has 1 aromatic carbocycles. The number of nitrogens with two attached hydrogens (primary N) is 1. The highest BCUT2D eigenvalue weighted by Gasteiger charge is 2.33. The Bertz CT molecular complexity index is 594. The second-order valence-corrected chi connectivity index (χ2v) is 7.18. The summed E-state index contributed by atoms with van der Waals surface area (Å²) in [6.45, 7) is 5.24. The molecule has 0 spiro atoms. The van der Waals surface area contributed by atoms with Crippen LogP contribution < -0.4 is 11.1 Å². The first-order valence-electron chi connectivity index (χ1n) is 9.33. The van der Waals surface area contributed by atoms with Gasteiger partial charge in [0.1, 0.15) is 0 Å². The van der Waals surface area contributed by atoms with E-state index in [4.69, 9.17) is 5.73 Å². The molecule has 1 aliphatic rings. The molecule has 0 heterocycles. The van der Waals surface area contributed by atoms with E-state index in [1.165, 1.54) is 6.42 Å². The van der Waals surface area contributed by atoms with Crippen LogP contribution in [0.25, 0.3) is 0 Å². The standard InChI is InChI=1S/C20H31N3O2/c1-3-23(16(2)24)14-17-9-5-6-10-18(17)22-19(25)13-20(15-21)11-7-4-8-12-20/h5-6,9-10H,3-4,7-8,11-15,21H2,1-2H3,(H,22,25). The maximum absolute atomic E-state index is 12.6. The molecular weight excluding hydrogens is 314 g/mol. The van der Waals surface area contributed by atoms with Gasteiger partial charge < -0.3 is 16.0 Å². The van der Waals surface area contributed by atoms with E-state index in [9.17, 15) is 9.59 Å². The summed E-state index contributed by atoms with van der Waals surface area (Å²) in [6.07, 6.45) is 6.10. The van der Waals surface area contributed by atoms with E-state index in [0.717, 1.165) is 36.9 Å². The van der Waals surface area contributed by atoms with Crippen LogP contribution in [0.3, 0.4) is 0 Å². The lowest BCUT2D eigenvalue weighted by molar-refractivity contribution is -0.129. The van der Waals surface area contributed by atoms with Gasteiger partial charge in [0.2, 0.25) is 11.8 Å². The quantitative estimate of drug-likeness (QED) is 0.796. The van der Waals surface area contributed by atoms with E-state index in [2.05, 4.69) is 5.32 Å². The van der Waals surface area contributed by atoms with Gasteiger partial charge in [-0.15, -0.1) is 0 Å². The van der Waals surface area contributed by atoms with Crippen LogP contribution in [-0.4, -0.2) is 29.8 Å². The van der Waals surface area contributed by atoms with E-state index < -0.39 is 0 Å². The van der Waals surface area contributed by atoms with Crippen molar-refractivity contribution in [2.75, 3.05) is 18.4 Å². The zero-order valence-electron chi connectivity index (χ0n) is 15.5. The molecule has 138 valence electrons.